The van der Waals surface area contributed by atoms with E-state index in [1.165, 1.54) is 6.07 Å². The summed E-state index contributed by atoms with van der Waals surface area (Å²) >= 11 is 0. The number of anilines is 3. The fourth-order valence-electron chi connectivity index (χ4n) is 4.06. The summed E-state index contributed by atoms with van der Waals surface area (Å²) in [6.07, 6.45) is 0. The average molecular weight is 508 g/mol. The first-order valence-corrected chi connectivity index (χ1v) is 12.4. The molecule has 0 atom stereocenters. The van der Waals surface area contributed by atoms with E-state index in [0.29, 0.717) is 16.9 Å². The van der Waals surface area contributed by atoms with Gasteiger partial charge in [0.25, 0.3) is 11.8 Å². The molecule has 4 N–H and O–H groups in total. The van der Waals surface area contributed by atoms with E-state index in [4.69, 9.17) is 5.73 Å². The molecule has 0 aliphatic heterocycles. The lowest BCUT2D eigenvalue weighted by molar-refractivity contribution is 0.101. The van der Waals surface area contributed by atoms with E-state index in [-0.39, 0.29) is 23.1 Å². The van der Waals surface area contributed by atoms with Gasteiger partial charge in [-0.25, -0.2) is 0 Å². The standard InChI is InChI=1S/C34H25N3O2/c35-32-23-28(33(38)36-29-15-7-11-25(21-29)18-17-24-9-3-1-4-10-24)19-20-31(32)34(39)37-30-16-8-14-27(22-30)26-12-5-2-6-13-26/h1-16,19-23H,35H2,(H,36,38)(H,37,39). The van der Waals surface area contributed by atoms with E-state index < -0.39 is 0 Å². The Morgan fingerprint density at radius 2 is 1.13 bits per heavy atom. The van der Waals surface area contributed by atoms with Gasteiger partial charge in [0.2, 0.25) is 0 Å². The average Bonchev–Trinajstić information content (AvgIpc) is 2.97. The van der Waals surface area contributed by atoms with Crippen LogP contribution in [0.4, 0.5) is 17.1 Å². The molecule has 0 saturated heterocycles. The zero-order chi connectivity index (χ0) is 27.0. The third-order valence-corrected chi connectivity index (χ3v) is 6.03. The molecule has 0 radical (unpaired) electrons. The fourth-order valence-corrected chi connectivity index (χ4v) is 4.06. The number of carbonyl (C=O) groups excluding carboxylic acids is 2. The second-order valence-corrected chi connectivity index (χ2v) is 8.85. The molecule has 0 aliphatic carbocycles. The minimum Gasteiger partial charge on any atom is -0.398 e. The Balaban J connectivity index is 1.26. The second kappa shape index (κ2) is 11.6. The van der Waals surface area contributed by atoms with Gasteiger partial charge in [0.1, 0.15) is 0 Å². The predicted molar refractivity (Wildman–Crippen MR) is 158 cm³/mol. The lowest BCUT2D eigenvalue weighted by Gasteiger charge is -2.11. The Labute approximate surface area is 227 Å². The molecule has 0 bridgehead atoms. The van der Waals surface area contributed by atoms with E-state index >= 15 is 0 Å². The van der Waals surface area contributed by atoms with E-state index in [1.54, 1.807) is 18.2 Å². The Morgan fingerprint density at radius 1 is 0.538 bits per heavy atom. The SMILES string of the molecule is Nc1cc(C(=O)Nc2cccc(C#Cc3ccccc3)c2)ccc1C(=O)Nc1cccc(-c2ccccc2)c1. The number of hydrogen-bond acceptors (Lipinski definition) is 3. The molecule has 0 unspecified atom stereocenters. The smallest absolute Gasteiger partial charge is 0.257 e. The molecule has 188 valence electrons. The van der Waals surface area contributed by atoms with Crippen LogP contribution in [0.25, 0.3) is 11.1 Å². The van der Waals surface area contributed by atoms with Gasteiger partial charge in [0.05, 0.1) is 5.56 Å². The number of rotatable bonds is 5. The summed E-state index contributed by atoms with van der Waals surface area (Å²) in [7, 11) is 0. The van der Waals surface area contributed by atoms with Crippen LogP contribution in [0.15, 0.2) is 127 Å². The molecule has 5 rings (SSSR count). The van der Waals surface area contributed by atoms with Gasteiger partial charge < -0.3 is 16.4 Å². The molecule has 0 heterocycles. The largest absolute Gasteiger partial charge is 0.398 e. The van der Waals surface area contributed by atoms with Crippen molar-refractivity contribution >= 4 is 28.9 Å². The van der Waals surface area contributed by atoms with Crippen molar-refractivity contribution < 1.29 is 9.59 Å². The zero-order valence-electron chi connectivity index (χ0n) is 21.0. The summed E-state index contributed by atoms with van der Waals surface area (Å²) in [5, 5.41) is 5.77. The van der Waals surface area contributed by atoms with Gasteiger partial charge in [0.15, 0.2) is 0 Å². The van der Waals surface area contributed by atoms with Gasteiger partial charge in [-0.3, -0.25) is 9.59 Å². The van der Waals surface area contributed by atoms with Crippen LogP contribution >= 0.6 is 0 Å². The van der Waals surface area contributed by atoms with Crippen molar-refractivity contribution in [2.45, 2.75) is 0 Å². The van der Waals surface area contributed by atoms with Gasteiger partial charge in [-0.1, -0.05) is 78.6 Å². The van der Waals surface area contributed by atoms with E-state index in [2.05, 4.69) is 22.5 Å². The first kappa shape index (κ1) is 25.1. The highest BCUT2D eigenvalue weighted by Gasteiger charge is 2.14. The summed E-state index contributed by atoms with van der Waals surface area (Å²) in [4.78, 5) is 25.8. The van der Waals surface area contributed by atoms with Crippen LogP contribution in [-0.2, 0) is 0 Å². The predicted octanol–water partition coefficient (Wildman–Crippen LogP) is 6.84. The number of benzene rings is 5. The molecule has 5 aromatic carbocycles. The van der Waals surface area contributed by atoms with Crippen LogP contribution in [0.5, 0.6) is 0 Å². The molecule has 2 amide bonds. The molecule has 0 fully saturated rings. The summed E-state index contributed by atoms with van der Waals surface area (Å²) in [5.41, 5.74) is 12.0. The number of nitrogens with one attached hydrogen (secondary N) is 2. The van der Waals surface area contributed by atoms with Crippen molar-refractivity contribution in [1.82, 2.24) is 0 Å². The van der Waals surface area contributed by atoms with Gasteiger partial charge in [0, 0.05) is 33.8 Å². The first-order chi connectivity index (χ1) is 19.0. The van der Waals surface area contributed by atoms with Crippen LogP contribution in [-0.4, -0.2) is 11.8 Å². The maximum absolute atomic E-state index is 13.0. The normalized spacial score (nSPS) is 10.2. The summed E-state index contributed by atoms with van der Waals surface area (Å²) in [5.74, 6) is 5.53. The molecule has 0 spiro atoms. The molecule has 5 heteroatoms. The molecule has 39 heavy (non-hydrogen) atoms. The quantitative estimate of drug-likeness (QED) is 0.180. The summed E-state index contributed by atoms with van der Waals surface area (Å²) in [6.45, 7) is 0. The van der Waals surface area contributed by atoms with Crippen molar-refractivity contribution in [2.24, 2.45) is 0 Å². The molecule has 5 nitrogen and oxygen atoms in total. The molecule has 0 aromatic heterocycles. The van der Waals surface area contributed by atoms with Crippen LogP contribution in [0.1, 0.15) is 31.8 Å². The van der Waals surface area contributed by atoms with Crippen LogP contribution in [0.2, 0.25) is 0 Å². The van der Waals surface area contributed by atoms with Crippen molar-refractivity contribution in [3.63, 3.8) is 0 Å². The Kier molecular flexibility index (Phi) is 7.48. The number of hydrogen-bond donors (Lipinski definition) is 3. The molecule has 0 aliphatic rings. The number of nitrogens with two attached hydrogens (primary N) is 1. The maximum Gasteiger partial charge on any atom is 0.257 e. The van der Waals surface area contributed by atoms with Crippen molar-refractivity contribution in [2.75, 3.05) is 16.4 Å². The summed E-state index contributed by atoms with van der Waals surface area (Å²) < 4.78 is 0. The van der Waals surface area contributed by atoms with Crippen molar-refractivity contribution in [3.05, 3.63) is 150 Å². The number of amides is 2. The Morgan fingerprint density at radius 3 is 1.87 bits per heavy atom. The maximum atomic E-state index is 13.0. The zero-order valence-corrected chi connectivity index (χ0v) is 21.0. The van der Waals surface area contributed by atoms with Crippen molar-refractivity contribution in [3.8, 4) is 23.0 Å². The first-order valence-electron chi connectivity index (χ1n) is 12.4. The monoisotopic (exact) mass is 507 g/mol. The highest BCUT2D eigenvalue weighted by Crippen LogP contribution is 2.24. The topological polar surface area (TPSA) is 84.2 Å². The van der Waals surface area contributed by atoms with Crippen LogP contribution in [0.3, 0.4) is 0 Å². The Bertz CT molecular complexity index is 1700. The number of nitrogen functional groups attached to an aromatic ring is 1. The van der Waals surface area contributed by atoms with Gasteiger partial charge >= 0.3 is 0 Å². The highest BCUT2D eigenvalue weighted by molar-refractivity contribution is 6.10. The second-order valence-electron chi connectivity index (χ2n) is 8.85. The van der Waals surface area contributed by atoms with Gasteiger partial charge in [-0.15, -0.1) is 0 Å². The van der Waals surface area contributed by atoms with E-state index in [0.717, 1.165) is 22.3 Å². The van der Waals surface area contributed by atoms with Gasteiger partial charge in [-0.05, 0) is 71.8 Å². The summed E-state index contributed by atoms with van der Waals surface area (Å²) in [6, 6.07) is 39.2. The molecule has 5 aromatic rings. The third-order valence-electron chi connectivity index (χ3n) is 6.03. The number of carbonyl (C=O) groups is 2. The molecular weight excluding hydrogens is 482 g/mol. The van der Waals surface area contributed by atoms with Gasteiger partial charge in [-0.2, -0.15) is 0 Å². The minimum atomic E-state index is -0.352. The third kappa shape index (κ3) is 6.40. The highest BCUT2D eigenvalue weighted by atomic mass is 16.2. The van der Waals surface area contributed by atoms with E-state index in [9.17, 15) is 9.59 Å². The molecule has 0 saturated carbocycles. The van der Waals surface area contributed by atoms with E-state index in [1.807, 2.05) is 103 Å². The molecular formula is C34H25N3O2. The Hall–Kier alpha value is -5.60. The minimum absolute atomic E-state index is 0.210. The van der Waals surface area contributed by atoms with Crippen LogP contribution in [0, 0.1) is 11.8 Å². The lowest BCUT2D eigenvalue weighted by Crippen LogP contribution is -2.16. The van der Waals surface area contributed by atoms with Crippen LogP contribution < -0.4 is 16.4 Å². The fraction of sp³-hybridized carbons (Fsp3) is 0. The lowest BCUT2D eigenvalue weighted by atomic mass is 10.0. The van der Waals surface area contributed by atoms with Crippen molar-refractivity contribution in [1.29, 1.82) is 0 Å².